The van der Waals surface area contributed by atoms with E-state index < -0.39 is 33.8 Å². The molecular formula is C56H73N13O9Si2. The Morgan fingerprint density at radius 3 is 1.36 bits per heavy atom. The van der Waals surface area contributed by atoms with E-state index in [9.17, 15) is 19.7 Å². The number of rotatable bonds is 18. The van der Waals surface area contributed by atoms with E-state index in [2.05, 4.69) is 114 Å². The van der Waals surface area contributed by atoms with Gasteiger partial charge in [0.15, 0.2) is 28.3 Å². The van der Waals surface area contributed by atoms with Gasteiger partial charge in [-0.25, -0.2) is 9.59 Å². The van der Waals surface area contributed by atoms with Crippen LogP contribution in [0.1, 0.15) is 78.2 Å². The van der Waals surface area contributed by atoms with Crippen molar-refractivity contribution in [3.05, 3.63) is 154 Å². The number of nitrogens with one attached hydrogen (secondary N) is 1. The zero-order chi connectivity index (χ0) is 58.7. The van der Waals surface area contributed by atoms with Gasteiger partial charge < -0.3 is 44.7 Å². The fourth-order valence-corrected chi connectivity index (χ4v) is 8.14. The Morgan fingerprint density at radius 1 is 0.588 bits per heavy atom. The van der Waals surface area contributed by atoms with E-state index in [1.807, 2.05) is 68.4 Å². The quantitative estimate of drug-likeness (QED) is 0.0180. The molecule has 0 aliphatic carbocycles. The number of carbonyl (C=O) groups is 2. The number of nitro benzene ring substituents is 1. The van der Waals surface area contributed by atoms with Gasteiger partial charge in [-0.2, -0.15) is 0 Å². The van der Waals surface area contributed by atoms with Crippen LogP contribution in [0.4, 0.5) is 26.7 Å². The summed E-state index contributed by atoms with van der Waals surface area (Å²) in [5.74, 6) is 2.70. The molecule has 0 radical (unpaired) electrons. The summed E-state index contributed by atoms with van der Waals surface area (Å²) in [4.78, 5) is 36.1. The van der Waals surface area contributed by atoms with Crippen molar-refractivity contribution < 1.29 is 37.6 Å². The van der Waals surface area contributed by atoms with Crippen LogP contribution in [0.5, 0.6) is 17.2 Å². The minimum Gasteiger partial charge on any atom is -0.413 e. The number of ether oxygens (including phenoxy) is 3. The molecule has 7 rings (SSSR count). The molecule has 424 valence electrons. The summed E-state index contributed by atoms with van der Waals surface area (Å²) in [6.07, 6.45) is -1.42. The first kappa shape index (κ1) is 62.7. The largest absolute Gasteiger partial charge is 0.519 e. The lowest BCUT2D eigenvalue weighted by Gasteiger charge is -2.36. The number of anilines is 2. The summed E-state index contributed by atoms with van der Waals surface area (Å²) in [7, 11) is -3.66. The van der Waals surface area contributed by atoms with Crippen LogP contribution < -0.4 is 31.0 Å². The first-order chi connectivity index (χ1) is 37.7. The highest BCUT2D eigenvalue weighted by atomic mass is 28.4. The summed E-state index contributed by atoms with van der Waals surface area (Å²) >= 11 is 0. The second-order valence-electron chi connectivity index (χ2n) is 21.3. The molecule has 0 fully saturated rings. The Bertz CT molecular complexity index is 3090. The minimum atomic E-state index is -1.83. The van der Waals surface area contributed by atoms with E-state index in [0.29, 0.717) is 72.5 Å². The van der Waals surface area contributed by atoms with Crippen LogP contribution in [-0.2, 0) is 35.2 Å². The van der Waals surface area contributed by atoms with Gasteiger partial charge in [0.25, 0.3) is 5.69 Å². The smallest absolute Gasteiger partial charge is 0.413 e. The number of amides is 1. The van der Waals surface area contributed by atoms with Crippen LogP contribution in [0, 0.1) is 10.1 Å². The van der Waals surface area contributed by atoms with Gasteiger partial charge in [-0.1, -0.05) is 97.0 Å². The lowest BCUT2D eigenvalue weighted by Crippen LogP contribution is -2.40. The zero-order valence-corrected chi connectivity index (χ0v) is 49.6. The number of benzene rings is 5. The third-order valence-corrected chi connectivity index (χ3v) is 22.1. The molecule has 24 heteroatoms. The molecule has 7 aromatic rings. The maximum atomic E-state index is 12.7. The second kappa shape index (κ2) is 28.6. The number of non-ortho nitro benzene ring substituents is 1. The zero-order valence-electron chi connectivity index (χ0n) is 47.6. The van der Waals surface area contributed by atoms with E-state index in [-0.39, 0.29) is 28.1 Å². The van der Waals surface area contributed by atoms with Gasteiger partial charge in [0, 0.05) is 41.2 Å². The standard InChI is InChI=1S/C25H34N6O3Si.C20H25NO6Si.C11H14N6/c1-7-31(16-22-27-29-23(30-28-22)19-9-8-10-20(26)15-19)24(32)34-21-13-11-18(12-14-21)17-33-35(5,6)25(2,3)4;1-20(2,3)28(4,5)25-14-15-6-10-17(11-7-15)26-19(22)27-18-12-8-16(9-13-18)21(23)24;1-2-13-7-10-14-16-11(17-15-10)8-4-3-5-9(12)6-8/h8-15H,7,16-17,26H2,1-6H3;6-13H,14H2,1-5H3;3-6,13H,2,7,12H2,1H3. The van der Waals surface area contributed by atoms with Gasteiger partial charge in [0.2, 0.25) is 11.6 Å². The number of hydrogen-bond donors (Lipinski definition) is 3. The average molecular weight is 1130 g/mol. The summed E-state index contributed by atoms with van der Waals surface area (Å²) in [6, 6.07) is 34.0. The van der Waals surface area contributed by atoms with Gasteiger partial charge in [0.1, 0.15) is 17.2 Å². The molecule has 5 N–H and O–H groups in total. The maximum Gasteiger partial charge on any atom is 0.519 e. The highest BCUT2D eigenvalue weighted by molar-refractivity contribution is 6.74. The predicted octanol–water partition coefficient (Wildman–Crippen LogP) is 11.4. The number of hydrogen-bond acceptors (Lipinski definition) is 20. The van der Waals surface area contributed by atoms with Crippen molar-refractivity contribution >= 4 is 45.9 Å². The number of nitrogens with two attached hydrogens (primary N) is 2. The fraction of sp³-hybridized carbons (Fsp3) is 0.357. The predicted molar refractivity (Wildman–Crippen MR) is 311 cm³/mol. The molecule has 0 saturated carbocycles. The third-order valence-electron chi connectivity index (χ3n) is 13.1. The van der Waals surface area contributed by atoms with Crippen molar-refractivity contribution in [3.63, 3.8) is 0 Å². The Balaban J connectivity index is 0.000000233. The molecule has 80 heavy (non-hydrogen) atoms. The molecule has 2 aromatic heterocycles. The topological polar surface area (TPSA) is 294 Å². The molecule has 1 amide bonds. The third kappa shape index (κ3) is 19.6. The van der Waals surface area contributed by atoms with E-state index >= 15 is 0 Å². The second-order valence-corrected chi connectivity index (χ2v) is 30.9. The van der Waals surface area contributed by atoms with Crippen LogP contribution in [0.25, 0.3) is 22.8 Å². The number of nitro groups is 1. The number of nitrogens with zero attached hydrogens (tertiary/aromatic N) is 10. The molecule has 2 heterocycles. The monoisotopic (exact) mass is 1130 g/mol. The molecule has 0 unspecified atom stereocenters. The van der Waals surface area contributed by atoms with E-state index in [1.54, 1.807) is 42.5 Å². The van der Waals surface area contributed by atoms with Crippen LogP contribution in [0.3, 0.4) is 0 Å². The molecule has 0 bridgehead atoms. The summed E-state index contributed by atoms with van der Waals surface area (Å²) in [5, 5.41) is 46.5. The summed E-state index contributed by atoms with van der Waals surface area (Å²) in [6.45, 7) is 28.9. The van der Waals surface area contributed by atoms with Crippen LogP contribution in [0.2, 0.25) is 36.3 Å². The maximum absolute atomic E-state index is 12.7. The molecule has 5 aromatic carbocycles. The van der Waals surface area contributed by atoms with Crippen LogP contribution in [0.15, 0.2) is 121 Å². The van der Waals surface area contributed by atoms with Crippen molar-refractivity contribution in [1.29, 1.82) is 0 Å². The van der Waals surface area contributed by atoms with Crippen molar-refractivity contribution in [3.8, 4) is 40.0 Å². The fourth-order valence-electron chi connectivity index (χ4n) is 6.22. The van der Waals surface area contributed by atoms with Gasteiger partial charge in [-0.15, -0.1) is 40.8 Å². The lowest BCUT2D eigenvalue weighted by atomic mass is 10.2. The van der Waals surface area contributed by atoms with E-state index in [4.69, 9.17) is 34.5 Å². The highest BCUT2D eigenvalue weighted by Crippen LogP contribution is 2.38. The Morgan fingerprint density at radius 2 is 0.988 bits per heavy atom. The van der Waals surface area contributed by atoms with Gasteiger partial charge in [0.05, 0.1) is 31.2 Å². The van der Waals surface area contributed by atoms with Crippen molar-refractivity contribution in [2.24, 2.45) is 0 Å². The number of aromatic nitrogens is 8. The minimum absolute atomic E-state index is 0.0868. The lowest BCUT2D eigenvalue weighted by molar-refractivity contribution is -0.384. The van der Waals surface area contributed by atoms with E-state index in [1.165, 1.54) is 29.2 Å². The SMILES string of the molecule is CC(C)(C)[Si](C)(C)OCc1ccc(OC(=O)Oc2ccc([N+](=O)[O-])cc2)cc1.CCN(Cc1nnc(-c2cccc(N)c2)nn1)C(=O)Oc1ccc(CO[Si](C)(C)C(C)(C)C)cc1.CCNCc1nnc(-c2cccc(N)c2)nn1. The molecule has 0 spiro atoms. The van der Waals surface area contributed by atoms with Crippen molar-refractivity contribution in [2.75, 3.05) is 24.6 Å². The summed E-state index contributed by atoms with van der Waals surface area (Å²) in [5.41, 5.74) is 16.2. The molecular weight excluding hydrogens is 1050 g/mol. The first-order valence-corrected chi connectivity index (χ1v) is 31.7. The van der Waals surface area contributed by atoms with Gasteiger partial charge in [-0.3, -0.25) is 10.1 Å². The first-order valence-electron chi connectivity index (χ1n) is 25.9. The van der Waals surface area contributed by atoms with Crippen molar-refractivity contribution in [2.45, 2.75) is 118 Å². The Labute approximate surface area is 469 Å². The van der Waals surface area contributed by atoms with Gasteiger partial charge in [-0.05, 0) is 122 Å². The average Bonchev–Trinajstić information content (AvgIpc) is 3.42. The van der Waals surface area contributed by atoms with Crippen LogP contribution >= 0.6 is 0 Å². The van der Waals surface area contributed by atoms with E-state index in [0.717, 1.165) is 28.8 Å². The Hall–Kier alpha value is -8.17. The Kier molecular flexibility index (Phi) is 22.4. The molecule has 0 saturated heterocycles. The van der Waals surface area contributed by atoms with Gasteiger partial charge >= 0.3 is 12.2 Å². The van der Waals surface area contributed by atoms with Crippen molar-refractivity contribution in [1.82, 2.24) is 51.0 Å². The highest BCUT2D eigenvalue weighted by Gasteiger charge is 2.38. The number of carbonyl (C=O) groups excluding carboxylic acids is 2. The number of nitrogen functional groups attached to an aromatic ring is 2. The normalized spacial score (nSPS) is 11.5. The molecule has 0 aliphatic rings. The molecule has 0 atom stereocenters. The van der Waals surface area contributed by atoms with Crippen LogP contribution in [-0.4, -0.2) is 92.6 Å². The summed E-state index contributed by atoms with van der Waals surface area (Å²) < 4.78 is 28.1. The molecule has 0 aliphatic heterocycles. The molecule has 22 nitrogen and oxygen atoms in total.